The molecule has 0 aliphatic heterocycles. The van der Waals surface area contributed by atoms with E-state index in [1.807, 2.05) is 24.5 Å². The molecule has 0 radical (unpaired) electrons. The molecule has 0 fully saturated rings. The zero-order valence-electron chi connectivity index (χ0n) is 10.3. The van der Waals surface area contributed by atoms with E-state index in [0.717, 1.165) is 18.7 Å². The normalized spacial score (nSPS) is 12.6. The molecule has 3 heteroatoms. The van der Waals surface area contributed by atoms with Crippen molar-refractivity contribution in [2.24, 2.45) is 0 Å². The van der Waals surface area contributed by atoms with Gasteiger partial charge in [-0.1, -0.05) is 13.0 Å². The van der Waals surface area contributed by atoms with Crippen LogP contribution in [0.5, 0.6) is 0 Å². The van der Waals surface area contributed by atoms with Crippen LogP contribution in [0.2, 0.25) is 0 Å². The van der Waals surface area contributed by atoms with E-state index in [1.165, 1.54) is 11.1 Å². The molecular weight excluding hydrogens is 212 g/mol. The number of rotatable bonds is 5. The molecular formula is C14H18N2O. The number of nitrogens with zero attached hydrogens (tertiary/aromatic N) is 1. The molecule has 0 aliphatic carbocycles. The Labute approximate surface area is 102 Å². The molecule has 0 aromatic carbocycles. The number of furan rings is 1. The van der Waals surface area contributed by atoms with Crippen molar-refractivity contribution in [3.05, 3.63) is 53.7 Å². The minimum atomic E-state index is 0.263. The standard InChI is InChI=1S/C14H18N2O/c1-3-16-14(8-13-5-4-6-17-13)12-7-11(2)9-15-10-12/h4-7,9-10,14,16H,3,8H2,1-2H3. The van der Waals surface area contributed by atoms with Crippen molar-refractivity contribution >= 4 is 0 Å². The third-order valence-corrected chi connectivity index (χ3v) is 2.73. The minimum absolute atomic E-state index is 0.263. The van der Waals surface area contributed by atoms with E-state index >= 15 is 0 Å². The topological polar surface area (TPSA) is 38.1 Å². The average molecular weight is 230 g/mol. The van der Waals surface area contributed by atoms with Crippen molar-refractivity contribution in [2.75, 3.05) is 6.54 Å². The van der Waals surface area contributed by atoms with Crippen molar-refractivity contribution < 1.29 is 4.42 Å². The lowest BCUT2D eigenvalue weighted by molar-refractivity contribution is 0.454. The van der Waals surface area contributed by atoms with Crippen LogP contribution in [0.4, 0.5) is 0 Å². The smallest absolute Gasteiger partial charge is 0.105 e. The molecule has 90 valence electrons. The van der Waals surface area contributed by atoms with Crippen molar-refractivity contribution in [3.8, 4) is 0 Å². The summed E-state index contributed by atoms with van der Waals surface area (Å²) in [6.45, 7) is 5.10. The van der Waals surface area contributed by atoms with Gasteiger partial charge in [0.25, 0.3) is 0 Å². The first-order valence-electron chi connectivity index (χ1n) is 5.97. The lowest BCUT2D eigenvalue weighted by atomic mass is 10.0. The van der Waals surface area contributed by atoms with Gasteiger partial charge in [-0.05, 0) is 36.7 Å². The van der Waals surface area contributed by atoms with Gasteiger partial charge in [0.05, 0.1) is 6.26 Å². The highest BCUT2D eigenvalue weighted by Gasteiger charge is 2.13. The summed E-state index contributed by atoms with van der Waals surface area (Å²) in [5.41, 5.74) is 2.40. The van der Waals surface area contributed by atoms with Crippen LogP contribution in [0, 0.1) is 6.92 Å². The molecule has 0 bridgehead atoms. The van der Waals surface area contributed by atoms with E-state index in [4.69, 9.17) is 4.42 Å². The van der Waals surface area contributed by atoms with E-state index in [0.29, 0.717) is 0 Å². The van der Waals surface area contributed by atoms with Gasteiger partial charge in [-0.15, -0.1) is 0 Å². The number of hydrogen-bond donors (Lipinski definition) is 1. The largest absolute Gasteiger partial charge is 0.469 e. The second kappa shape index (κ2) is 5.64. The first-order chi connectivity index (χ1) is 8.29. The minimum Gasteiger partial charge on any atom is -0.469 e. The maximum atomic E-state index is 5.40. The molecule has 2 aromatic rings. The number of nitrogens with one attached hydrogen (secondary N) is 1. The summed E-state index contributed by atoms with van der Waals surface area (Å²) in [6, 6.07) is 6.36. The lowest BCUT2D eigenvalue weighted by Crippen LogP contribution is -2.23. The molecule has 2 heterocycles. The SMILES string of the molecule is CCNC(Cc1ccco1)c1cncc(C)c1. The van der Waals surface area contributed by atoms with Crippen LogP contribution >= 0.6 is 0 Å². The second-order valence-electron chi connectivity index (χ2n) is 4.19. The Hall–Kier alpha value is -1.61. The summed E-state index contributed by atoms with van der Waals surface area (Å²) in [5.74, 6) is 0.998. The third-order valence-electron chi connectivity index (χ3n) is 2.73. The molecule has 0 aliphatic rings. The molecule has 1 atom stereocenters. The molecule has 1 N–H and O–H groups in total. The van der Waals surface area contributed by atoms with Crippen LogP contribution in [0.15, 0.2) is 41.3 Å². The predicted molar refractivity (Wildman–Crippen MR) is 67.8 cm³/mol. The molecule has 1 unspecified atom stereocenters. The highest BCUT2D eigenvalue weighted by Crippen LogP contribution is 2.18. The van der Waals surface area contributed by atoms with E-state index in [9.17, 15) is 0 Å². The van der Waals surface area contributed by atoms with Crippen molar-refractivity contribution in [2.45, 2.75) is 26.3 Å². The highest BCUT2D eigenvalue weighted by molar-refractivity contribution is 5.21. The van der Waals surface area contributed by atoms with E-state index in [-0.39, 0.29) is 6.04 Å². The molecule has 0 saturated heterocycles. The molecule has 0 amide bonds. The number of likely N-dealkylation sites (N-methyl/N-ethyl adjacent to an activating group) is 1. The Balaban J connectivity index is 2.16. The average Bonchev–Trinajstić information content (AvgIpc) is 2.81. The monoisotopic (exact) mass is 230 g/mol. The Morgan fingerprint density at radius 2 is 2.29 bits per heavy atom. The van der Waals surface area contributed by atoms with Crippen molar-refractivity contribution in [3.63, 3.8) is 0 Å². The van der Waals surface area contributed by atoms with Gasteiger partial charge in [-0.25, -0.2) is 0 Å². The van der Waals surface area contributed by atoms with Gasteiger partial charge in [-0.3, -0.25) is 4.98 Å². The van der Waals surface area contributed by atoms with E-state index < -0.39 is 0 Å². The van der Waals surface area contributed by atoms with Crippen LogP contribution in [0.3, 0.4) is 0 Å². The zero-order valence-corrected chi connectivity index (χ0v) is 10.3. The molecule has 2 aromatic heterocycles. The van der Waals surface area contributed by atoms with Gasteiger partial charge in [0, 0.05) is 24.9 Å². The van der Waals surface area contributed by atoms with Crippen molar-refractivity contribution in [1.29, 1.82) is 0 Å². The lowest BCUT2D eigenvalue weighted by Gasteiger charge is -2.17. The Kier molecular flexibility index (Phi) is 3.94. The quantitative estimate of drug-likeness (QED) is 0.858. The van der Waals surface area contributed by atoms with Gasteiger partial charge in [0.15, 0.2) is 0 Å². The van der Waals surface area contributed by atoms with E-state index in [2.05, 4.69) is 30.2 Å². The third kappa shape index (κ3) is 3.17. The van der Waals surface area contributed by atoms with Crippen LogP contribution in [-0.4, -0.2) is 11.5 Å². The van der Waals surface area contributed by atoms with Crippen LogP contribution in [0.1, 0.15) is 29.9 Å². The van der Waals surface area contributed by atoms with Gasteiger partial charge in [0.2, 0.25) is 0 Å². The Morgan fingerprint density at radius 1 is 1.41 bits per heavy atom. The maximum Gasteiger partial charge on any atom is 0.105 e. The molecule has 17 heavy (non-hydrogen) atoms. The van der Waals surface area contributed by atoms with Gasteiger partial charge in [0.1, 0.15) is 5.76 Å². The number of aryl methyl sites for hydroxylation is 1. The number of hydrogen-bond acceptors (Lipinski definition) is 3. The fourth-order valence-corrected chi connectivity index (χ4v) is 1.95. The molecule has 2 rings (SSSR count). The van der Waals surface area contributed by atoms with Gasteiger partial charge >= 0.3 is 0 Å². The summed E-state index contributed by atoms with van der Waals surface area (Å²) >= 11 is 0. The van der Waals surface area contributed by atoms with E-state index in [1.54, 1.807) is 6.26 Å². The number of aromatic nitrogens is 1. The van der Waals surface area contributed by atoms with Crippen LogP contribution in [0.25, 0.3) is 0 Å². The summed E-state index contributed by atoms with van der Waals surface area (Å²) in [4.78, 5) is 4.25. The summed E-state index contributed by atoms with van der Waals surface area (Å²) in [6.07, 6.45) is 6.36. The van der Waals surface area contributed by atoms with Crippen molar-refractivity contribution in [1.82, 2.24) is 10.3 Å². The Morgan fingerprint density at radius 3 is 2.94 bits per heavy atom. The molecule has 0 saturated carbocycles. The second-order valence-corrected chi connectivity index (χ2v) is 4.19. The predicted octanol–water partition coefficient (Wildman–Crippen LogP) is 2.88. The zero-order chi connectivity index (χ0) is 12.1. The van der Waals surface area contributed by atoms with Crippen LogP contribution in [-0.2, 0) is 6.42 Å². The molecule has 0 spiro atoms. The fourth-order valence-electron chi connectivity index (χ4n) is 1.95. The number of pyridine rings is 1. The van der Waals surface area contributed by atoms with Gasteiger partial charge in [-0.2, -0.15) is 0 Å². The van der Waals surface area contributed by atoms with Gasteiger partial charge < -0.3 is 9.73 Å². The summed E-state index contributed by atoms with van der Waals surface area (Å²) in [5, 5.41) is 3.46. The molecule has 3 nitrogen and oxygen atoms in total. The summed E-state index contributed by atoms with van der Waals surface area (Å²) < 4.78 is 5.40. The first kappa shape index (κ1) is 11.9. The Bertz CT molecular complexity index is 451. The highest BCUT2D eigenvalue weighted by atomic mass is 16.3. The maximum absolute atomic E-state index is 5.40. The summed E-state index contributed by atoms with van der Waals surface area (Å²) in [7, 11) is 0. The van der Waals surface area contributed by atoms with Crippen LogP contribution < -0.4 is 5.32 Å². The first-order valence-corrected chi connectivity index (χ1v) is 5.97. The fraction of sp³-hybridized carbons (Fsp3) is 0.357.